The molecule has 1 N–H and O–H groups in total. The summed E-state index contributed by atoms with van der Waals surface area (Å²) in [6, 6.07) is 17.3. The molecule has 0 aliphatic carbocycles. The Morgan fingerprint density at radius 3 is 1.72 bits per heavy atom. The van der Waals surface area contributed by atoms with Crippen LogP contribution < -0.4 is 0 Å². The van der Waals surface area contributed by atoms with E-state index in [-0.39, 0.29) is 18.9 Å². The molecule has 86 valence electrons. The van der Waals surface area contributed by atoms with Crippen LogP contribution in [0.1, 0.15) is 0 Å². The molecule has 0 saturated heterocycles. The van der Waals surface area contributed by atoms with Gasteiger partial charge in [-0.05, 0) is 16.8 Å². The molecule has 1 atom stereocenters. The molecular weight excluding hydrogens is 239 g/mol. The van der Waals surface area contributed by atoms with Crippen molar-refractivity contribution in [2.75, 3.05) is 0 Å². The van der Waals surface area contributed by atoms with Gasteiger partial charge in [-0.15, -0.1) is 0 Å². The molecule has 18 heavy (non-hydrogen) atoms. The Morgan fingerprint density at radius 1 is 0.833 bits per heavy atom. The monoisotopic (exact) mass is 250 g/mol. The van der Waals surface area contributed by atoms with Gasteiger partial charge >= 0.3 is 18.9 Å². The Labute approximate surface area is 119 Å². The van der Waals surface area contributed by atoms with Crippen molar-refractivity contribution in [1.82, 2.24) is 0 Å². The Morgan fingerprint density at radius 2 is 1.28 bits per heavy atom. The predicted octanol–water partition coefficient (Wildman–Crippen LogP) is 2.93. The van der Waals surface area contributed by atoms with E-state index in [0.29, 0.717) is 4.90 Å². The first-order valence-corrected chi connectivity index (χ1v) is 6.39. The van der Waals surface area contributed by atoms with Gasteiger partial charge in [0.25, 0.3) is 0 Å². The Kier molecular flexibility index (Phi) is 3.89. The van der Waals surface area contributed by atoms with Crippen LogP contribution in [0.25, 0.3) is 21.5 Å². The fraction of sp³-hybridized carbons (Fsp3) is 0. The van der Waals surface area contributed by atoms with Gasteiger partial charge in [-0.3, -0.25) is 0 Å². The van der Waals surface area contributed by atoms with Crippen LogP contribution in [0.5, 0.6) is 0 Å². The van der Waals surface area contributed by atoms with Gasteiger partial charge in [-0.25, -0.2) is 4.21 Å². The van der Waals surface area contributed by atoms with Crippen molar-refractivity contribution in [2.24, 2.45) is 0 Å². The fourth-order valence-corrected chi connectivity index (χ4v) is 2.91. The van der Waals surface area contributed by atoms with Crippen LogP contribution in [0.15, 0.2) is 59.5 Å². The van der Waals surface area contributed by atoms with Gasteiger partial charge in [-0.2, -0.15) is 0 Å². The number of hydrogen-bond donors (Lipinski definition) is 1. The minimum atomic E-state index is -1.98. The van der Waals surface area contributed by atoms with Crippen LogP contribution in [-0.4, -0.2) is 27.6 Å². The average Bonchev–Trinajstić information content (AvgIpc) is 2.35. The first-order valence-electron chi connectivity index (χ1n) is 5.29. The van der Waals surface area contributed by atoms with Crippen LogP contribution in [0, 0.1) is 0 Å². The molecule has 0 saturated carbocycles. The van der Waals surface area contributed by atoms with E-state index < -0.39 is 11.1 Å². The summed E-state index contributed by atoms with van der Waals surface area (Å²) in [5, 5.41) is 3.66. The number of benzene rings is 3. The molecule has 0 aromatic heterocycles. The summed E-state index contributed by atoms with van der Waals surface area (Å²) in [5.74, 6) is 0. The summed E-state index contributed by atoms with van der Waals surface area (Å²) >= 11 is -1.98. The third-order valence-electron chi connectivity index (χ3n) is 2.90. The van der Waals surface area contributed by atoms with E-state index in [1.54, 1.807) is 0 Å². The van der Waals surface area contributed by atoms with Crippen molar-refractivity contribution in [1.29, 1.82) is 0 Å². The molecule has 1 unspecified atom stereocenters. The van der Waals surface area contributed by atoms with Gasteiger partial charge in [0.05, 0.1) is 4.90 Å². The third kappa shape index (κ3) is 2.11. The zero-order valence-electron chi connectivity index (χ0n) is 8.96. The standard InChI is InChI=1S/C14H10O2S.Li.H/c15-17(16)14-12-7-3-1-5-10(12)9-11-6-2-4-8-13(11)14;;/h1-9H,(H,15,16);;. The molecule has 0 amide bonds. The SMILES string of the molecule is O=S(O)c1c2ccccc2cc2ccccc12.[LiH]. The molecule has 0 aliphatic rings. The second-order valence-electron chi connectivity index (χ2n) is 3.90. The summed E-state index contributed by atoms with van der Waals surface area (Å²) in [6.45, 7) is 0. The molecular formula is C14H11LiO2S. The molecule has 0 aliphatic heterocycles. The van der Waals surface area contributed by atoms with Crippen LogP contribution in [-0.2, 0) is 11.1 Å². The maximum atomic E-state index is 11.5. The van der Waals surface area contributed by atoms with E-state index in [1.807, 2.05) is 54.6 Å². The van der Waals surface area contributed by atoms with Gasteiger partial charge in [0.1, 0.15) is 0 Å². The van der Waals surface area contributed by atoms with Crippen LogP contribution >= 0.6 is 0 Å². The molecule has 0 fully saturated rings. The summed E-state index contributed by atoms with van der Waals surface area (Å²) in [5.41, 5.74) is 0. The van der Waals surface area contributed by atoms with E-state index in [0.717, 1.165) is 21.5 Å². The summed E-state index contributed by atoms with van der Waals surface area (Å²) < 4.78 is 21.0. The number of fused-ring (bicyclic) bond motifs is 2. The van der Waals surface area contributed by atoms with Crippen molar-refractivity contribution in [3.05, 3.63) is 54.6 Å². The van der Waals surface area contributed by atoms with Crippen molar-refractivity contribution in [3.8, 4) is 0 Å². The van der Waals surface area contributed by atoms with Gasteiger partial charge in [0, 0.05) is 10.8 Å². The molecule has 0 spiro atoms. The number of rotatable bonds is 1. The molecule has 2 nitrogen and oxygen atoms in total. The first-order chi connectivity index (χ1) is 8.27. The number of hydrogen-bond acceptors (Lipinski definition) is 1. The Hall–Kier alpha value is -1.11. The van der Waals surface area contributed by atoms with Gasteiger partial charge < -0.3 is 4.55 Å². The summed E-state index contributed by atoms with van der Waals surface area (Å²) in [6.07, 6.45) is 0. The normalized spacial score (nSPS) is 12.3. The Balaban J connectivity index is 0.00000120. The Bertz CT molecular complexity index is 686. The fourth-order valence-electron chi connectivity index (χ4n) is 2.16. The second kappa shape index (κ2) is 5.25. The van der Waals surface area contributed by atoms with Crippen molar-refractivity contribution >= 4 is 51.5 Å². The van der Waals surface area contributed by atoms with Crippen LogP contribution in [0.3, 0.4) is 0 Å². The third-order valence-corrected chi connectivity index (χ3v) is 3.69. The van der Waals surface area contributed by atoms with E-state index in [1.165, 1.54) is 0 Å². The van der Waals surface area contributed by atoms with Gasteiger partial charge in [-0.1, -0.05) is 48.5 Å². The summed E-state index contributed by atoms with van der Waals surface area (Å²) in [7, 11) is 0. The maximum absolute atomic E-state index is 11.5. The molecule has 3 rings (SSSR count). The van der Waals surface area contributed by atoms with Gasteiger partial charge in [0.2, 0.25) is 0 Å². The second-order valence-corrected chi connectivity index (χ2v) is 4.80. The molecule has 3 aromatic carbocycles. The molecule has 0 radical (unpaired) electrons. The summed E-state index contributed by atoms with van der Waals surface area (Å²) in [4.78, 5) is 0.499. The van der Waals surface area contributed by atoms with Crippen LogP contribution in [0.4, 0.5) is 0 Å². The molecule has 3 aromatic rings. The van der Waals surface area contributed by atoms with Crippen LogP contribution in [0.2, 0.25) is 0 Å². The molecule has 4 heteroatoms. The van der Waals surface area contributed by atoms with E-state index in [4.69, 9.17) is 0 Å². The van der Waals surface area contributed by atoms with Crippen molar-refractivity contribution in [2.45, 2.75) is 4.90 Å². The van der Waals surface area contributed by atoms with Crippen molar-refractivity contribution < 1.29 is 8.76 Å². The van der Waals surface area contributed by atoms with Gasteiger partial charge in [0.15, 0.2) is 11.1 Å². The van der Waals surface area contributed by atoms with E-state index in [9.17, 15) is 8.76 Å². The zero-order valence-corrected chi connectivity index (χ0v) is 9.78. The topological polar surface area (TPSA) is 37.3 Å². The molecule has 0 heterocycles. The zero-order chi connectivity index (χ0) is 11.8. The first kappa shape index (κ1) is 13.3. The quantitative estimate of drug-likeness (QED) is 0.409. The van der Waals surface area contributed by atoms with E-state index >= 15 is 0 Å². The van der Waals surface area contributed by atoms with Crippen molar-refractivity contribution in [3.63, 3.8) is 0 Å². The predicted molar refractivity (Wildman–Crippen MR) is 77.6 cm³/mol. The molecule has 0 bridgehead atoms. The van der Waals surface area contributed by atoms with E-state index in [2.05, 4.69) is 0 Å². The average molecular weight is 250 g/mol. The minimum absolute atomic E-state index is 0.